The van der Waals surface area contributed by atoms with Gasteiger partial charge in [-0.2, -0.15) is 0 Å². The number of nitrogens with one attached hydrogen (secondary N) is 2. The number of amides is 4. The number of epoxide rings is 1. The molecule has 0 unspecified atom stereocenters. The minimum atomic E-state index is -1.24. The van der Waals surface area contributed by atoms with Gasteiger partial charge in [-0.15, -0.1) is 5.06 Å². The molecule has 2 saturated heterocycles. The van der Waals surface area contributed by atoms with Gasteiger partial charge >= 0.3 is 17.9 Å². The van der Waals surface area contributed by atoms with E-state index in [-0.39, 0.29) is 82.3 Å². The second kappa shape index (κ2) is 29.5. The lowest BCUT2D eigenvalue weighted by Crippen LogP contribution is -2.51. The van der Waals surface area contributed by atoms with Crippen molar-refractivity contribution in [3.63, 3.8) is 0 Å². The predicted molar refractivity (Wildman–Crippen MR) is 265 cm³/mol. The molecule has 0 saturated carbocycles. The molecule has 402 valence electrons. The van der Waals surface area contributed by atoms with E-state index in [1.807, 2.05) is 32.9 Å². The summed E-state index contributed by atoms with van der Waals surface area (Å²) in [5.41, 5.74) is 1.60. The highest BCUT2D eigenvalue weighted by atomic mass is 35.5. The molecule has 2 aromatic carbocycles. The van der Waals surface area contributed by atoms with Crippen molar-refractivity contribution in [2.24, 2.45) is 17.3 Å². The summed E-state index contributed by atoms with van der Waals surface area (Å²) in [7, 11) is 1.50. The van der Waals surface area contributed by atoms with E-state index >= 15 is 0 Å². The van der Waals surface area contributed by atoms with Crippen LogP contribution < -0.4 is 15.4 Å². The fraction of sp³-hybridized carbons (Fsp3) is 0.604. The zero-order valence-electron chi connectivity index (χ0n) is 42.8. The van der Waals surface area contributed by atoms with Crippen LogP contribution in [-0.2, 0) is 84.4 Å². The normalized spacial score (nSPS) is 22.6. The van der Waals surface area contributed by atoms with E-state index < -0.39 is 65.2 Å². The van der Waals surface area contributed by atoms with E-state index in [9.17, 15) is 33.6 Å². The lowest BCUT2D eigenvalue weighted by Gasteiger charge is -2.29. The topological polar surface area (TPSA) is 233 Å². The number of nitrogens with zero attached hydrogens (tertiary/aromatic N) is 1. The number of ether oxygens (including phenoxy) is 8. The number of esters is 2. The van der Waals surface area contributed by atoms with Gasteiger partial charge in [0.2, 0.25) is 11.8 Å². The van der Waals surface area contributed by atoms with Crippen molar-refractivity contribution in [2.45, 2.75) is 123 Å². The number of carbonyl (C=O) groups excluding carboxylic acids is 7. The molecular weight excluding hydrogens is 970 g/mol. The number of unbranched alkanes of at least 4 members (excludes halogenated alkanes) is 1. The molecule has 5 rings (SSSR count). The van der Waals surface area contributed by atoms with Gasteiger partial charge in [-0.1, -0.05) is 68.8 Å². The number of imide groups is 1. The average molecular weight is 1040 g/mol. The number of methoxy groups -OCH3 is 1. The van der Waals surface area contributed by atoms with Crippen molar-refractivity contribution in [3.8, 4) is 5.75 Å². The van der Waals surface area contributed by atoms with Crippen molar-refractivity contribution in [2.75, 3.05) is 66.5 Å². The molecule has 0 aliphatic carbocycles. The summed E-state index contributed by atoms with van der Waals surface area (Å²) in [6, 6.07) is 12.3. The SMILES string of the molecule is COc1ccc(C[C@H]2NC(=O)/C=C/C[C@@H]([C@H](C)[C@H]3O[C@@H]3c3ccc(CCCCOCCOCCOCCOCCC(=O)ON4C(=O)CCC4=O)cc3)OC(=O)[C@H](CC(C)C)OC(=O)C(C)(C)CNC2=O)cc1Cl. The third-order valence-corrected chi connectivity index (χ3v) is 12.7. The van der Waals surface area contributed by atoms with Gasteiger partial charge in [0.05, 0.1) is 76.3 Å². The molecule has 2 N–H and O–H groups in total. The molecule has 0 radical (unpaired) electrons. The third kappa shape index (κ3) is 19.4. The lowest BCUT2D eigenvalue weighted by molar-refractivity contribution is -0.198. The summed E-state index contributed by atoms with van der Waals surface area (Å²) in [6.45, 7) is 11.8. The molecule has 19 nitrogen and oxygen atoms in total. The van der Waals surface area contributed by atoms with Gasteiger partial charge in [0, 0.05) is 44.8 Å². The largest absolute Gasteiger partial charge is 0.495 e. The number of aryl methyl sites for hydroxylation is 1. The number of benzene rings is 2. The van der Waals surface area contributed by atoms with Crippen molar-refractivity contribution < 1.29 is 76.3 Å². The highest BCUT2D eigenvalue weighted by molar-refractivity contribution is 6.32. The Bertz CT molecular complexity index is 2190. The highest BCUT2D eigenvalue weighted by Crippen LogP contribution is 2.45. The first-order valence-corrected chi connectivity index (χ1v) is 25.4. The summed E-state index contributed by atoms with van der Waals surface area (Å²) in [5.74, 6) is -4.06. The number of halogens is 1. The van der Waals surface area contributed by atoms with Crippen LogP contribution in [0, 0.1) is 17.3 Å². The predicted octanol–water partition coefficient (Wildman–Crippen LogP) is 5.51. The van der Waals surface area contributed by atoms with E-state index in [1.165, 1.54) is 18.7 Å². The van der Waals surface area contributed by atoms with E-state index in [0.29, 0.717) is 61.0 Å². The Hall–Kier alpha value is -5.44. The molecule has 6 atom stereocenters. The smallest absolute Gasteiger partial charge is 0.347 e. The summed E-state index contributed by atoms with van der Waals surface area (Å²) >= 11 is 6.37. The Balaban J connectivity index is 1.03. The molecule has 2 aromatic rings. The van der Waals surface area contributed by atoms with Gasteiger partial charge in [0.15, 0.2) is 6.10 Å². The first-order valence-electron chi connectivity index (χ1n) is 25.1. The van der Waals surface area contributed by atoms with E-state index in [1.54, 1.807) is 38.1 Å². The fourth-order valence-corrected chi connectivity index (χ4v) is 8.23. The van der Waals surface area contributed by atoms with E-state index in [0.717, 1.165) is 24.8 Å². The number of rotatable bonds is 26. The quantitative estimate of drug-likeness (QED) is 0.0512. The fourth-order valence-electron chi connectivity index (χ4n) is 7.95. The van der Waals surface area contributed by atoms with Crippen LogP contribution in [0.3, 0.4) is 0 Å². The van der Waals surface area contributed by atoms with Crippen molar-refractivity contribution in [3.05, 3.63) is 76.3 Å². The summed E-state index contributed by atoms with van der Waals surface area (Å²) in [4.78, 5) is 94.1. The Morgan fingerprint density at radius 3 is 2.08 bits per heavy atom. The van der Waals surface area contributed by atoms with Gasteiger partial charge < -0.3 is 53.4 Å². The first-order chi connectivity index (χ1) is 34.9. The Morgan fingerprint density at radius 2 is 1.45 bits per heavy atom. The molecule has 2 fully saturated rings. The standard InChI is InChI=1S/C53H72ClN3O16/c1-34(2)30-43-51(63)70-41(11-9-12-44(58)56-40(32-37-15-18-42(65-6)39(54)31-37)50(62)55-33-53(4,5)52(64)71-43)35(3)48-49(72-48)38-16-13-36(14-17-38)10-7-8-22-66-24-26-68-28-29-69-27-25-67-23-21-47(61)73-57-45(59)19-20-46(57)60/h9,12-18,31,34-35,40-41,43,48-49H,7-8,10-11,19-30,32-33H2,1-6H3,(H,55,62)(H,56,58)/b12-9+/t35-,40+,41-,43-,48+,49+/m0/s1. The monoisotopic (exact) mass is 1040 g/mol. The van der Waals surface area contributed by atoms with Crippen LogP contribution in [0.2, 0.25) is 5.02 Å². The summed E-state index contributed by atoms with van der Waals surface area (Å²) < 4.78 is 45.5. The molecule has 3 aliphatic rings. The van der Waals surface area contributed by atoms with Crippen molar-refractivity contribution >= 4 is 53.1 Å². The molecule has 0 aromatic heterocycles. The summed E-state index contributed by atoms with van der Waals surface area (Å²) in [5, 5.41) is 6.43. The Labute approximate surface area is 432 Å². The average Bonchev–Trinajstić information content (AvgIpc) is 4.10. The maximum atomic E-state index is 13.9. The van der Waals surface area contributed by atoms with Gasteiger partial charge in [-0.3, -0.25) is 24.0 Å². The van der Waals surface area contributed by atoms with Crippen LogP contribution in [0.5, 0.6) is 5.75 Å². The van der Waals surface area contributed by atoms with E-state index in [2.05, 4.69) is 22.8 Å². The Kier molecular flexibility index (Phi) is 23.6. The molecule has 0 bridgehead atoms. The number of carbonyl (C=O) groups is 7. The van der Waals surface area contributed by atoms with E-state index in [4.69, 9.17) is 54.3 Å². The molecular formula is C53H72ClN3O16. The van der Waals surface area contributed by atoms with Crippen LogP contribution >= 0.6 is 11.6 Å². The van der Waals surface area contributed by atoms with Crippen molar-refractivity contribution in [1.82, 2.24) is 15.7 Å². The lowest BCUT2D eigenvalue weighted by atomic mass is 9.92. The van der Waals surface area contributed by atoms with Crippen LogP contribution in [0.4, 0.5) is 0 Å². The molecule has 3 heterocycles. The molecule has 73 heavy (non-hydrogen) atoms. The maximum absolute atomic E-state index is 13.9. The molecule has 20 heteroatoms. The highest BCUT2D eigenvalue weighted by Gasteiger charge is 2.48. The van der Waals surface area contributed by atoms with Crippen molar-refractivity contribution in [1.29, 1.82) is 0 Å². The van der Waals surface area contributed by atoms with Crippen LogP contribution in [0.1, 0.15) is 102 Å². The number of hydrogen-bond donors (Lipinski definition) is 2. The maximum Gasteiger partial charge on any atom is 0.347 e. The van der Waals surface area contributed by atoms with Gasteiger partial charge in [-0.25, -0.2) is 9.59 Å². The second-order valence-electron chi connectivity index (χ2n) is 19.3. The molecule has 3 aliphatic heterocycles. The molecule has 4 amide bonds. The summed E-state index contributed by atoms with van der Waals surface area (Å²) in [6.07, 6.45) is 3.61. The van der Waals surface area contributed by atoms with Crippen LogP contribution in [0.15, 0.2) is 54.6 Å². The zero-order chi connectivity index (χ0) is 52.9. The molecule has 0 spiro atoms. The van der Waals surface area contributed by atoms with Crippen LogP contribution in [0.25, 0.3) is 0 Å². The number of hydroxylamine groups is 2. The van der Waals surface area contributed by atoms with Crippen LogP contribution in [-0.4, -0.2) is 137 Å². The Morgan fingerprint density at radius 1 is 0.822 bits per heavy atom. The number of hydrogen-bond acceptors (Lipinski definition) is 16. The third-order valence-electron chi connectivity index (χ3n) is 12.4. The van der Waals surface area contributed by atoms with Gasteiger partial charge in [-0.05, 0) is 80.3 Å². The van der Waals surface area contributed by atoms with Gasteiger partial charge in [0.25, 0.3) is 11.8 Å². The number of cyclic esters (lactones) is 2. The minimum absolute atomic E-state index is 0.0187. The van der Waals surface area contributed by atoms with Gasteiger partial charge in [0.1, 0.15) is 24.0 Å². The first kappa shape index (κ1) is 58.4. The minimum Gasteiger partial charge on any atom is -0.495 e. The second-order valence-corrected chi connectivity index (χ2v) is 19.7. The zero-order valence-corrected chi connectivity index (χ0v) is 43.6.